The molecule has 3 rings (SSSR count). The summed E-state index contributed by atoms with van der Waals surface area (Å²) in [7, 11) is 0. The van der Waals surface area contributed by atoms with E-state index in [0.29, 0.717) is 12.6 Å². The highest BCUT2D eigenvalue weighted by Crippen LogP contribution is 2.24. The van der Waals surface area contributed by atoms with E-state index in [9.17, 15) is 0 Å². The Hall–Kier alpha value is -1.62. The summed E-state index contributed by atoms with van der Waals surface area (Å²) in [5.41, 5.74) is 2.04. The summed E-state index contributed by atoms with van der Waals surface area (Å²) in [6.07, 6.45) is 0.978. The van der Waals surface area contributed by atoms with E-state index in [-0.39, 0.29) is 0 Å². The Labute approximate surface area is 96.7 Å². The van der Waals surface area contributed by atoms with Crippen LogP contribution in [-0.2, 0) is 0 Å². The van der Waals surface area contributed by atoms with Crippen LogP contribution in [0.2, 0.25) is 0 Å². The van der Waals surface area contributed by atoms with Gasteiger partial charge in [0.05, 0.1) is 17.6 Å². The van der Waals surface area contributed by atoms with E-state index in [0.717, 1.165) is 22.4 Å². The third-order valence-corrected chi connectivity index (χ3v) is 3.05. The lowest BCUT2D eigenvalue weighted by Gasteiger charge is -2.00. The first kappa shape index (κ1) is 9.59. The minimum atomic E-state index is 0.649. The number of fused-ring (bicyclic) bond motifs is 3. The lowest BCUT2D eigenvalue weighted by atomic mass is 10.3. The molecule has 0 amide bonds. The van der Waals surface area contributed by atoms with Gasteiger partial charge in [-0.05, 0) is 18.6 Å². The molecule has 4 nitrogen and oxygen atoms in total. The third kappa shape index (κ3) is 1.36. The van der Waals surface area contributed by atoms with Crippen LogP contribution in [0.3, 0.4) is 0 Å². The van der Waals surface area contributed by atoms with Crippen molar-refractivity contribution in [2.45, 2.75) is 13.3 Å². The summed E-state index contributed by atoms with van der Waals surface area (Å²) in [5, 5.41) is 0. The van der Waals surface area contributed by atoms with Crippen molar-refractivity contribution >= 4 is 27.5 Å². The summed E-state index contributed by atoms with van der Waals surface area (Å²) in [4.78, 5) is 5.36. The van der Waals surface area contributed by atoms with Gasteiger partial charge in [0.25, 0.3) is 0 Å². The smallest absolute Gasteiger partial charge is 0.314 e. The highest BCUT2D eigenvalue weighted by Gasteiger charge is 2.12. The van der Waals surface area contributed by atoms with Crippen molar-refractivity contribution in [2.24, 2.45) is 0 Å². The molecule has 2 heterocycles. The molecule has 0 fully saturated rings. The zero-order valence-electron chi connectivity index (χ0n) is 8.88. The molecule has 0 saturated heterocycles. The average molecular weight is 233 g/mol. The summed E-state index contributed by atoms with van der Waals surface area (Å²) in [6, 6.07) is 8.66. The predicted molar refractivity (Wildman–Crippen MR) is 64.2 cm³/mol. The topological polar surface area (TPSA) is 39.4 Å². The van der Waals surface area contributed by atoms with Crippen molar-refractivity contribution in [3.63, 3.8) is 0 Å². The Morgan fingerprint density at radius 1 is 1.38 bits per heavy atom. The van der Waals surface area contributed by atoms with Gasteiger partial charge in [0, 0.05) is 11.5 Å². The molecular weight excluding hydrogens is 222 g/mol. The first-order chi connectivity index (χ1) is 7.90. The number of aromatic nitrogens is 3. The molecule has 0 bridgehead atoms. The van der Waals surface area contributed by atoms with Crippen LogP contribution in [0.1, 0.15) is 13.3 Å². The number of hydrogen-bond acceptors (Lipinski definition) is 4. The molecule has 0 aliphatic carbocycles. The van der Waals surface area contributed by atoms with Crippen LogP contribution in [0.25, 0.3) is 16.0 Å². The van der Waals surface area contributed by atoms with Crippen LogP contribution < -0.4 is 4.74 Å². The highest BCUT2D eigenvalue weighted by atomic mass is 32.1. The number of rotatable bonds is 3. The highest BCUT2D eigenvalue weighted by molar-refractivity contribution is 7.11. The molecule has 3 aromatic rings. The first-order valence-corrected chi connectivity index (χ1v) is 6.03. The van der Waals surface area contributed by atoms with Crippen molar-refractivity contribution in [1.82, 2.24) is 13.8 Å². The van der Waals surface area contributed by atoms with Gasteiger partial charge in [0.15, 0.2) is 0 Å². The molecule has 0 saturated carbocycles. The molecule has 0 atom stereocenters. The molecule has 0 N–H and O–H groups in total. The van der Waals surface area contributed by atoms with Gasteiger partial charge >= 0.3 is 6.01 Å². The lowest BCUT2D eigenvalue weighted by Crippen LogP contribution is -1.98. The third-order valence-electron chi connectivity index (χ3n) is 2.36. The van der Waals surface area contributed by atoms with Crippen LogP contribution in [0, 0.1) is 0 Å². The maximum Gasteiger partial charge on any atom is 0.314 e. The van der Waals surface area contributed by atoms with Crippen molar-refractivity contribution in [1.29, 1.82) is 0 Å². The largest absolute Gasteiger partial charge is 0.464 e. The van der Waals surface area contributed by atoms with Gasteiger partial charge in [0.2, 0.25) is 4.96 Å². The van der Waals surface area contributed by atoms with Gasteiger partial charge < -0.3 is 4.74 Å². The van der Waals surface area contributed by atoms with Gasteiger partial charge in [-0.2, -0.15) is 0 Å². The zero-order valence-corrected chi connectivity index (χ0v) is 9.70. The fourth-order valence-corrected chi connectivity index (χ4v) is 2.35. The van der Waals surface area contributed by atoms with Gasteiger partial charge in [-0.1, -0.05) is 19.1 Å². The molecule has 0 radical (unpaired) electrons. The van der Waals surface area contributed by atoms with Crippen LogP contribution in [0.4, 0.5) is 0 Å². The van der Waals surface area contributed by atoms with Crippen LogP contribution in [0.5, 0.6) is 6.01 Å². The molecule has 5 heteroatoms. The number of hydrogen-bond donors (Lipinski definition) is 0. The maximum atomic E-state index is 5.60. The van der Waals surface area contributed by atoms with E-state index in [4.69, 9.17) is 4.74 Å². The van der Waals surface area contributed by atoms with E-state index >= 15 is 0 Å². The maximum absolute atomic E-state index is 5.60. The number of benzene rings is 1. The molecule has 0 aliphatic rings. The number of imidazole rings is 1. The minimum absolute atomic E-state index is 0.649. The Kier molecular flexibility index (Phi) is 2.25. The van der Waals surface area contributed by atoms with Crippen molar-refractivity contribution < 1.29 is 4.74 Å². The van der Waals surface area contributed by atoms with Crippen LogP contribution >= 0.6 is 11.5 Å². The second-order valence-electron chi connectivity index (χ2n) is 3.53. The van der Waals surface area contributed by atoms with Gasteiger partial charge in [0.1, 0.15) is 0 Å². The SMILES string of the molecule is CCCOc1nsc2nc3ccccc3n12. The standard InChI is InChI=1S/C11H11N3OS/c1-2-7-15-10-13-16-11-12-8-5-3-4-6-9(8)14(10)11/h3-6H,2,7H2,1H3. The average Bonchev–Trinajstić information content (AvgIpc) is 2.85. The van der Waals surface area contributed by atoms with E-state index in [1.807, 2.05) is 28.7 Å². The van der Waals surface area contributed by atoms with E-state index in [1.165, 1.54) is 11.5 Å². The zero-order chi connectivity index (χ0) is 11.0. The summed E-state index contributed by atoms with van der Waals surface area (Å²) in [5.74, 6) is 0. The lowest BCUT2D eigenvalue weighted by molar-refractivity contribution is 0.293. The molecule has 0 spiro atoms. The molecule has 1 aromatic carbocycles. The Morgan fingerprint density at radius 3 is 3.12 bits per heavy atom. The normalized spacial score (nSPS) is 11.3. The minimum Gasteiger partial charge on any atom is -0.464 e. The second kappa shape index (κ2) is 3.75. The van der Waals surface area contributed by atoms with E-state index in [2.05, 4.69) is 16.3 Å². The Balaban J connectivity index is 2.22. The fourth-order valence-electron chi connectivity index (χ4n) is 1.65. The van der Waals surface area contributed by atoms with Crippen LogP contribution in [-0.4, -0.2) is 20.4 Å². The fraction of sp³-hybridized carbons (Fsp3) is 0.273. The quantitative estimate of drug-likeness (QED) is 0.698. The van der Waals surface area contributed by atoms with E-state index in [1.54, 1.807) is 0 Å². The molecule has 0 unspecified atom stereocenters. The van der Waals surface area contributed by atoms with Crippen molar-refractivity contribution in [2.75, 3.05) is 6.61 Å². The van der Waals surface area contributed by atoms with Gasteiger partial charge in [-0.25, -0.2) is 9.38 Å². The molecule has 16 heavy (non-hydrogen) atoms. The summed E-state index contributed by atoms with van der Waals surface area (Å²) in [6.45, 7) is 2.76. The molecule has 2 aromatic heterocycles. The Bertz CT molecular complexity index is 628. The number of ether oxygens (including phenoxy) is 1. The predicted octanol–water partition coefficient (Wildman–Crippen LogP) is 2.73. The molecule has 0 aliphatic heterocycles. The number of para-hydroxylation sites is 2. The van der Waals surface area contributed by atoms with Crippen molar-refractivity contribution in [3.05, 3.63) is 24.3 Å². The number of nitrogens with zero attached hydrogens (tertiary/aromatic N) is 3. The van der Waals surface area contributed by atoms with Gasteiger partial charge in [-0.3, -0.25) is 0 Å². The molecule has 82 valence electrons. The second-order valence-corrected chi connectivity index (χ2v) is 4.26. The van der Waals surface area contributed by atoms with Crippen molar-refractivity contribution in [3.8, 4) is 6.01 Å². The first-order valence-electron chi connectivity index (χ1n) is 5.26. The Morgan fingerprint density at radius 2 is 2.25 bits per heavy atom. The molecular formula is C11H11N3OS. The summed E-state index contributed by atoms with van der Waals surface area (Å²) >= 11 is 1.37. The monoisotopic (exact) mass is 233 g/mol. The van der Waals surface area contributed by atoms with Crippen LogP contribution in [0.15, 0.2) is 24.3 Å². The summed E-state index contributed by atoms with van der Waals surface area (Å²) < 4.78 is 11.8. The van der Waals surface area contributed by atoms with E-state index < -0.39 is 0 Å². The van der Waals surface area contributed by atoms with Gasteiger partial charge in [-0.15, -0.1) is 4.37 Å².